The van der Waals surface area contributed by atoms with Gasteiger partial charge in [-0.3, -0.25) is 0 Å². The van der Waals surface area contributed by atoms with Gasteiger partial charge in [-0.15, -0.1) is 12.4 Å². The maximum absolute atomic E-state index is 13.1. The average molecular weight is 345 g/mol. The molecule has 0 saturated carbocycles. The molecule has 21 heavy (non-hydrogen) atoms. The standard InChI is InChI=1S/C12H15F3N2O2S.ClH/c1-7-11(3-2-4-16-7)17-20(18,19)8-5-9(13)12(15)10(14)6-8;/h5-7,11,16-17H,2-4H2,1H3;1H. The zero-order valence-electron chi connectivity index (χ0n) is 11.2. The van der Waals surface area contributed by atoms with Crippen molar-refractivity contribution >= 4 is 22.4 Å². The third kappa shape index (κ3) is 4.09. The van der Waals surface area contributed by atoms with E-state index >= 15 is 0 Å². The van der Waals surface area contributed by atoms with Crippen LogP contribution >= 0.6 is 12.4 Å². The van der Waals surface area contributed by atoms with Crippen molar-refractivity contribution in [1.82, 2.24) is 10.0 Å². The Labute approximate surface area is 127 Å². The van der Waals surface area contributed by atoms with Gasteiger partial charge in [-0.2, -0.15) is 0 Å². The summed E-state index contributed by atoms with van der Waals surface area (Å²) in [5, 5.41) is 3.10. The summed E-state index contributed by atoms with van der Waals surface area (Å²) in [6.07, 6.45) is 1.42. The van der Waals surface area contributed by atoms with Gasteiger partial charge in [-0.1, -0.05) is 0 Å². The highest BCUT2D eigenvalue weighted by atomic mass is 35.5. The fraction of sp³-hybridized carbons (Fsp3) is 0.500. The van der Waals surface area contributed by atoms with E-state index in [1.54, 1.807) is 0 Å². The molecule has 120 valence electrons. The van der Waals surface area contributed by atoms with Crippen molar-refractivity contribution in [2.24, 2.45) is 0 Å². The fourth-order valence-electron chi connectivity index (χ4n) is 2.16. The molecular formula is C12H16ClF3N2O2S. The van der Waals surface area contributed by atoms with Crippen molar-refractivity contribution in [3.63, 3.8) is 0 Å². The molecule has 1 saturated heterocycles. The molecule has 1 aromatic rings. The van der Waals surface area contributed by atoms with Gasteiger partial charge in [0, 0.05) is 12.1 Å². The lowest BCUT2D eigenvalue weighted by atomic mass is 10.0. The Hall–Kier alpha value is -0.830. The Kier molecular flexibility index (Phi) is 6.03. The molecule has 0 aliphatic carbocycles. The first-order valence-corrected chi connectivity index (χ1v) is 7.70. The van der Waals surface area contributed by atoms with Gasteiger partial charge in [0.2, 0.25) is 10.0 Å². The van der Waals surface area contributed by atoms with Crippen LogP contribution in [0, 0.1) is 17.5 Å². The average Bonchev–Trinajstić information content (AvgIpc) is 2.38. The van der Waals surface area contributed by atoms with Crippen LogP contribution in [0.3, 0.4) is 0 Å². The van der Waals surface area contributed by atoms with E-state index in [0.29, 0.717) is 18.6 Å². The maximum atomic E-state index is 13.1. The van der Waals surface area contributed by atoms with Crippen LogP contribution < -0.4 is 10.0 Å². The molecule has 1 fully saturated rings. The van der Waals surface area contributed by atoms with Gasteiger partial charge in [0.15, 0.2) is 17.5 Å². The van der Waals surface area contributed by atoms with Crippen molar-refractivity contribution in [2.75, 3.05) is 6.54 Å². The molecular weight excluding hydrogens is 329 g/mol. The SMILES string of the molecule is CC1NCCCC1NS(=O)(=O)c1cc(F)c(F)c(F)c1.Cl. The number of nitrogens with one attached hydrogen (secondary N) is 2. The Bertz CT molecular complexity index is 590. The summed E-state index contributed by atoms with van der Waals surface area (Å²) in [4.78, 5) is -0.619. The zero-order valence-corrected chi connectivity index (χ0v) is 12.8. The van der Waals surface area contributed by atoms with E-state index < -0.39 is 32.4 Å². The number of rotatable bonds is 3. The van der Waals surface area contributed by atoms with Crippen molar-refractivity contribution in [3.8, 4) is 0 Å². The van der Waals surface area contributed by atoms with Gasteiger partial charge in [-0.25, -0.2) is 26.3 Å². The highest BCUT2D eigenvalue weighted by Crippen LogP contribution is 2.19. The first kappa shape index (κ1) is 18.2. The van der Waals surface area contributed by atoms with Crippen molar-refractivity contribution < 1.29 is 21.6 Å². The molecule has 0 amide bonds. The summed E-state index contributed by atoms with van der Waals surface area (Å²) < 4.78 is 65.6. The fourth-order valence-corrected chi connectivity index (χ4v) is 3.53. The normalized spacial score (nSPS) is 22.7. The van der Waals surface area contributed by atoms with Crippen molar-refractivity contribution in [3.05, 3.63) is 29.6 Å². The van der Waals surface area contributed by atoms with E-state index in [2.05, 4.69) is 10.0 Å². The second kappa shape index (κ2) is 6.95. The third-order valence-corrected chi connectivity index (χ3v) is 4.81. The van der Waals surface area contributed by atoms with Crippen molar-refractivity contribution in [1.29, 1.82) is 0 Å². The molecule has 0 radical (unpaired) electrons. The van der Waals surface area contributed by atoms with E-state index in [9.17, 15) is 21.6 Å². The Balaban J connectivity index is 0.00000220. The van der Waals surface area contributed by atoms with Crippen molar-refractivity contribution in [2.45, 2.75) is 36.7 Å². The van der Waals surface area contributed by atoms with Crippen LogP contribution in [-0.4, -0.2) is 27.0 Å². The summed E-state index contributed by atoms with van der Waals surface area (Å²) in [6, 6.07) is 0.488. The molecule has 2 unspecified atom stereocenters. The van der Waals surface area contributed by atoms with Crippen LogP contribution in [0.4, 0.5) is 13.2 Å². The lowest BCUT2D eigenvalue weighted by Crippen LogP contribution is -2.51. The summed E-state index contributed by atoms with van der Waals surface area (Å²) in [5.41, 5.74) is 0. The van der Waals surface area contributed by atoms with E-state index in [-0.39, 0.29) is 24.5 Å². The lowest BCUT2D eigenvalue weighted by molar-refractivity contribution is 0.348. The molecule has 2 atom stereocenters. The molecule has 1 aliphatic heterocycles. The van der Waals surface area contributed by atoms with E-state index in [4.69, 9.17) is 0 Å². The predicted octanol–water partition coefficient (Wildman–Crippen LogP) is 1.94. The van der Waals surface area contributed by atoms with Gasteiger partial charge in [-0.05, 0) is 38.4 Å². The molecule has 0 bridgehead atoms. The number of hydrogen-bond donors (Lipinski definition) is 2. The highest BCUT2D eigenvalue weighted by Gasteiger charge is 2.27. The summed E-state index contributed by atoms with van der Waals surface area (Å²) in [6.45, 7) is 2.61. The second-order valence-corrected chi connectivity index (χ2v) is 6.53. The Morgan fingerprint density at radius 1 is 1.24 bits per heavy atom. The van der Waals surface area contributed by atoms with Crippen LogP contribution in [0.1, 0.15) is 19.8 Å². The topological polar surface area (TPSA) is 58.2 Å². The van der Waals surface area contributed by atoms with Gasteiger partial charge in [0.05, 0.1) is 4.90 Å². The van der Waals surface area contributed by atoms with Crippen LogP contribution in [-0.2, 0) is 10.0 Å². The molecule has 9 heteroatoms. The first-order valence-electron chi connectivity index (χ1n) is 6.21. The summed E-state index contributed by atoms with van der Waals surface area (Å²) in [7, 11) is -4.09. The number of piperidine rings is 1. The van der Waals surface area contributed by atoms with Crippen LogP contribution in [0.2, 0.25) is 0 Å². The van der Waals surface area contributed by atoms with Crippen LogP contribution in [0.15, 0.2) is 17.0 Å². The molecule has 1 aliphatic rings. The van der Waals surface area contributed by atoms with E-state index in [1.165, 1.54) is 0 Å². The maximum Gasteiger partial charge on any atom is 0.241 e. The Morgan fingerprint density at radius 2 is 1.81 bits per heavy atom. The molecule has 1 heterocycles. The predicted molar refractivity (Wildman–Crippen MR) is 74.4 cm³/mol. The van der Waals surface area contributed by atoms with Gasteiger partial charge < -0.3 is 5.32 Å². The van der Waals surface area contributed by atoms with Crippen LogP contribution in [0.5, 0.6) is 0 Å². The molecule has 2 N–H and O–H groups in total. The number of hydrogen-bond acceptors (Lipinski definition) is 3. The summed E-state index contributed by atoms with van der Waals surface area (Å²) in [5.74, 6) is -4.74. The molecule has 1 aromatic carbocycles. The zero-order chi connectivity index (χ0) is 14.9. The van der Waals surface area contributed by atoms with Crippen LogP contribution in [0.25, 0.3) is 0 Å². The highest BCUT2D eigenvalue weighted by molar-refractivity contribution is 7.89. The first-order chi connectivity index (χ1) is 9.31. The minimum absolute atomic E-state index is 0. The lowest BCUT2D eigenvalue weighted by Gasteiger charge is -2.30. The van der Waals surface area contributed by atoms with E-state index in [1.807, 2.05) is 6.92 Å². The largest absolute Gasteiger partial charge is 0.313 e. The number of sulfonamides is 1. The van der Waals surface area contributed by atoms with Gasteiger partial charge >= 0.3 is 0 Å². The van der Waals surface area contributed by atoms with E-state index in [0.717, 1.165) is 13.0 Å². The Morgan fingerprint density at radius 3 is 2.33 bits per heavy atom. The minimum atomic E-state index is -4.09. The summed E-state index contributed by atoms with van der Waals surface area (Å²) >= 11 is 0. The monoisotopic (exact) mass is 344 g/mol. The second-order valence-electron chi connectivity index (χ2n) is 4.81. The van der Waals surface area contributed by atoms with Gasteiger partial charge in [0.1, 0.15) is 0 Å². The molecule has 2 rings (SSSR count). The molecule has 0 spiro atoms. The number of halogens is 4. The van der Waals surface area contributed by atoms with Gasteiger partial charge in [0.25, 0.3) is 0 Å². The molecule has 4 nitrogen and oxygen atoms in total. The molecule has 0 aromatic heterocycles. The smallest absolute Gasteiger partial charge is 0.241 e. The number of benzene rings is 1. The quantitative estimate of drug-likeness (QED) is 0.824. The third-order valence-electron chi connectivity index (χ3n) is 3.34. The minimum Gasteiger partial charge on any atom is -0.313 e.